The lowest BCUT2D eigenvalue weighted by molar-refractivity contribution is -0.138. The second kappa shape index (κ2) is 6.70. The van der Waals surface area contributed by atoms with Crippen LogP contribution >= 0.6 is 11.3 Å². The molecule has 1 aliphatic heterocycles. The number of carboxylic acids is 1. The molecule has 0 spiro atoms. The number of nitrogens with zero attached hydrogens (tertiary/aromatic N) is 1. The first kappa shape index (κ1) is 16.6. The molecule has 3 rings (SSSR count). The average Bonchev–Trinajstić information content (AvgIpc) is 3.16. The second-order valence-corrected chi connectivity index (χ2v) is 6.84. The highest BCUT2D eigenvalue weighted by molar-refractivity contribution is 7.13. The number of ether oxygens (including phenoxy) is 1. The molecule has 2 aromatic rings. The van der Waals surface area contributed by atoms with Crippen LogP contribution in [0.4, 0.5) is 0 Å². The number of aryl methyl sites for hydroxylation is 1. The van der Waals surface area contributed by atoms with Crippen LogP contribution in [0.2, 0.25) is 0 Å². The first-order chi connectivity index (χ1) is 11.5. The SMILES string of the molecule is Cc1csc(-c2cccc(C(=O)NC3(CC(=O)O)CCOC3)c2)n1. The molecule has 1 fully saturated rings. The van der Waals surface area contributed by atoms with Crippen LogP contribution in [0.15, 0.2) is 29.6 Å². The normalized spacial score (nSPS) is 20.0. The summed E-state index contributed by atoms with van der Waals surface area (Å²) in [4.78, 5) is 28.1. The van der Waals surface area contributed by atoms with Gasteiger partial charge in [-0.15, -0.1) is 11.3 Å². The van der Waals surface area contributed by atoms with E-state index in [-0.39, 0.29) is 18.9 Å². The lowest BCUT2D eigenvalue weighted by Crippen LogP contribution is -2.50. The van der Waals surface area contributed by atoms with Crippen molar-refractivity contribution in [3.63, 3.8) is 0 Å². The Kier molecular flexibility index (Phi) is 4.64. The third-order valence-electron chi connectivity index (χ3n) is 3.96. The number of aliphatic carboxylic acids is 1. The zero-order valence-corrected chi connectivity index (χ0v) is 14.1. The number of hydrogen-bond acceptors (Lipinski definition) is 5. The van der Waals surface area contributed by atoms with E-state index in [1.807, 2.05) is 18.4 Å². The number of carboxylic acid groups (broad SMARTS) is 1. The van der Waals surface area contributed by atoms with E-state index in [2.05, 4.69) is 10.3 Å². The summed E-state index contributed by atoms with van der Waals surface area (Å²) < 4.78 is 5.31. The van der Waals surface area contributed by atoms with Gasteiger partial charge >= 0.3 is 5.97 Å². The summed E-state index contributed by atoms with van der Waals surface area (Å²) in [5, 5.41) is 14.8. The zero-order valence-electron chi connectivity index (χ0n) is 13.2. The van der Waals surface area contributed by atoms with Gasteiger partial charge in [-0.1, -0.05) is 12.1 Å². The van der Waals surface area contributed by atoms with Gasteiger partial charge in [-0.2, -0.15) is 0 Å². The summed E-state index contributed by atoms with van der Waals surface area (Å²) in [5.74, 6) is -1.25. The minimum absolute atomic E-state index is 0.149. The van der Waals surface area contributed by atoms with E-state index in [1.165, 1.54) is 11.3 Å². The average molecular weight is 346 g/mol. The van der Waals surface area contributed by atoms with Crippen LogP contribution in [0.3, 0.4) is 0 Å². The first-order valence-corrected chi connectivity index (χ1v) is 8.50. The molecule has 2 N–H and O–H groups in total. The van der Waals surface area contributed by atoms with Crippen molar-refractivity contribution < 1.29 is 19.4 Å². The molecule has 1 aromatic carbocycles. The summed E-state index contributed by atoms with van der Waals surface area (Å²) >= 11 is 1.52. The van der Waals surface area contributed by atoms with E-state index in [9.17, 15) is 9.59 Å². The summed E-state index contributed by atoms with van der Waals surface area (Å²) in [6.07, 6.45) is 0.348. The fraction of sp³-hybridized carbons (Fsp3) is 0.353. The molecule has 0 saturated carbocycles. The number of nitrogens with one attached hydrogen (secondary N) is 1. The van der Waals surface area contributed by atoms with Gasteiger partial charge < -0.3 is 15.2 Å². The number of carbonyl (C=O) groups is 2. The lowest BCUT2D eigenvalue weighted by Gasteiger charge is -2.27. The first-order valence-electron chi connectivity index (χ1n) is 7.62. The van der Waals surface area contributed by atoms with Crippen LogP contribution < -0.4 is 5.32 Å². The van der Waals surface area contributed by atoms with Gasteiger partial charge in [0.2, 0.25) is 0 Å². The van der Waals surface area contributed by atoms with Crippen molar-refractivity contribution in [1.82, 2.24) is 10.3 Å². The number of carbonyl (C=O) groups excluding carboxylic acids is 1. The van der Waals surface area contributed by atoms with Gasteiger partial charge in [0.25, 0.3) is 5.91 Å². The minimum Gasteiger partial charge on any atom is -0.481 e. The zero-order chi connectivity index (χ0) is 17.2. The van der Waals surface area contributed by atoms with Gasteiger partial charge in [0.05, 0.1) is 18.6 Å². The quantitative estimate of drug-likeness (QED) is 0.868. The molecule has 0 bridgehead atoms. The third kappa shape index (κ3) is 3.63. The molecule has 1 amide bonds. The van der Waals surface area contributed by atoms with Gasteiger partial charge in [0, 0.05) is 28.8 Å². The van der Waals surface area contributed by atoms with Crippen LogP contribution in [-0.2, 0) is 9.53 Å². The lowest BCUT2D eigenvalue weighted by atomic mass is 9.93. The van der Waals surface area contributed by atoms with Crippen LogP contribution in [0.25, 0.3) is 10.6 Å². The predicted octanol–water partition coefficient (Wildman–Crippen LogP) is 2.48. The number of aromatic nitrogens is 1. The van der Waals surface area contributed by atoms with Crippen LogP contribution in [0.5, 0.6) is 0 Å². The number of thiazole rings is 1. The highest BCUT2D eigenvalue weighted by Gasteiger charge is 2.38. The fourth-order valence-electron chi connectivity index (χ4n) is 2.77. The topological polar surface area (TPSA) is 88.5 Å². The van der Waals surface area contributed by atoms with E-state index < -0.39 is 11.5 Å². The molecule has 1 saturated heterocycles. The maximum atomic E-state index is 12.6. The van der Waals surface area contributed by atoms with Crippen molar-refractivity contribution in [1.29, 1.82) is 0 Å². The molecule has 0 radical (unpaired) electrons. The van der Waals surface area contributed by atoms with Gasteiger partial charge in [-0.3, -0.25) is 9.59 Å². The summed E-state index contributed by atoms with van der Waals surface area (Å²) in [6.45, 7) is 2.59. The highest BCUT2D eigenvalue weighted by Crippen LogP contribution is 2.26. The Hall–Kier alpha value is -2.25. The monoisotopic (exact) mass is 346 g/mol. The van der Waals surface area contributed by atoms with Crippen molar-refractivity contribution in [3.8, 4) is 10.6 Å². The van der Waals surface area contributed by atoms with Gasteiger partial charge in [-0.05, 0) is 25.5 Å². The molecule has 126 valence electrons. The Balaban J connectivity index is 1.81. The van der Waals surface area contributed by atoms with E-state index in [0.717, 1.165) is 16.3 Å². The van der Waals surface area contributed by atoms with Crippen molar-refractivity contribution >= 4 is 23.2 Å². The molecule has 2 heterocycles. The largest absolute Gasteiger partial charge is 0.481 e. The fourth-order valence-corrected chi connectivity index (χ4v) is 3.57. The predicted molar refractivity (Wildman–Crippen MR) is 90.2 cm³/mol. The summed E-state index contributed by atoms with van der Waals surface area (Å²) in [5.41, 5.74) is 1.46. The maximum Gasteiger partial charge on any atom is 0.305 e. The Morgan fingerprint density at radius 2 is 2.29 bits per heavy atom. The number of benzene rings is 1. The minimum atomic E-state index is -0.951. The van der Waals surface area contributed by atoms with E-state index in [1.54, 1.807) is 18.2 Å². The number of hydrogen-bond donors (Lipinski definition) is 2. The highest BCUT2D eigenvalue weighted by atomic mass is 32.1. The van der Waals surface area contributed by atoms with Gasteiger partial charge in [0.15, 0.2) is 0 Å². The molecule has 0 aliphatic carbocycles. The number of rotatable bonds is 5. The smallest absolute Gasteiger partial charge is 0.305 e. The maximum absolute atomic E-state index is 12.6. The van der Waals surface area contributed by atoms with E-state index in [0.29, 0.717) is 18.6 Å². The Morgan fingerprint density at radius 1 is 1.46 bits per heavy atom. The van der Waals surface area contributed by atoms with E-state index >= 15 is 0 Å². The van der Waals surface area contributed by atoms with Crippen molar-refractivity contribution in [2.75, 3.05) is 13.2 Å². The standard InChI is InChI=1S/C17H18N2O4S/c1-11-9-24-16(18-11)13-4-2-3-12(7-13)15(22)19-17(8-14(20)21)5-6-23-10-17/h2-4,7,9H,5-6,8,10H2,1H3,(H,19,22)(H,20,21). The Morgan fingerprint density at radius 3 is 2.92 bits per heavy atom. The van der Waals surface area contributed by atoms with Crippen molar-refractivity contribution in [2.24, 2.45) is 0 Å². The molecule has 1 aromatic heterocycles. The van der Waals surface area contributed by atoms with Crippen LogP contribution in [0, 0.1) is 6.92 Å². The third-order valence-corrected chi connectivity index (χ3v) is 4.97. The van der Waals surface area contributed by atoms with Crippen molar-refractivity contribution in [2.45, 2.75) is 25.3 Å². The van der Waals surface area contributed by atoms with Crippen LogP contribution in [-0.4, -0.2) is 40.7 Å². The van der Waals surface area contributed by atoms with E-state index in [4.69, 9.17) is 9.84 Å². The Labute approximate surface area is 143 Å². The molecule has 6 nitrogen and oxygen atoms in total. The summed E-state index contributed by atoms with van der Waals surface area (Å²) in [6, 6.07) is 7.19. The molecule has 1 unspecified atom stereocenters. The van der Waals surface area contributed by atoms with Gasteiger partial charge in [0.1, 0.15) is 5.01 Å². The number of amides is 1. The second-order valence-electron chi connectivity index (χ2n) is 5.98. The van der Waals surface area contributed by atoms with Gasteiger partial charge in [-0.25, -0.2) is 4.98 Å². The van der Waals surface area contributed by atoms with Crippen LogP contribution in [0.1, 0.15) is 28.9 Å². The Bertz CT molecular complexity index is 765. The molecule has 1 atom stereocenters. The molecule has 24 heavy (non-hydrogen) atoms. The van der Waals surface area contributed by atoms with Crippen molar-refractivity contribution in [3.05, 3.63) is 40.9 Å². The molecule has 7 heteroatoms. The molecular weight excluding hydrogens is 328 g/mol. The summed E-state index contributed by atoms with van der Waals surface area (Å²) in [7, 11) is 0. The molecule has 1 aliphatic rings. The molecular formula is C17H18N2O4S.